The molecule has 2 aromatic rings. The number of likely N-dealkylation sites (N-methyl/N-ethyl adjacent to an activating group) is 2. The van der Waals surface area contributed by atoms with Crippen molar-refractivity contribution in [2.45, 2.75) is 13.5 Å². The van der Waals surface area contributed by atoms with Crippen LogP contribution in [0, 0.1) is 5.82 Å². The zero-order chi connectivity index (χ0) is 20.4. The first-order valence-corrected chi connectivity index (χ1v) is 9.65. The lowest BCUT2D eigenvalue weighted by Crippen LogP contribution is -2.30. The fourth-order valence-corrected chi connectivity index (χ4v) is 3.75. The molecule has 1 heterocycles. The number of benzene rings is 2. The summed E-state index contributed by atoms with van der Waals surface area (Å²) in [5.41, 5.74) is 1.74. The molecule has 1 aliphatic rings. The number of amides is 1. The van der Waals surface area contributed by atoms with Crippen molar-refractivity contribution < 1.29 is 13.9 Å². The second-order valence-corrected chi connectivity index (χ2v) is 7.33. The van der Waals surface area contributed by atoms with E-state index in [0.29, 0.717) is 44.3 Å². The molecule has 0 radical (unpaired) electrons. The van der Waals surface area contributed by atoms with Crippen LogP contribution < -0.4 is 4.74 Å². The van der Waals surface area contributed by atoms with Gasteiger partial charge in [-0.15, -0.1) is 0 Å². The lowest BCUT2D eigenvalue weighted by Gasteiger charge is -2.14. The smallest absolute Gasteiger partial charge is 0.276 e. The van der Waals surface area contributed by atoms with Gasteiger partial charge in [-0.25, -0.2) is 4.39 Å². The molecule has 0 saturated carbocycles. The zero-order valence-corrected chi connectivity index (χ0v) is 17.5. The van der Waals surface area contributed by atoms with Crippen LogP contribution in [-0.4, -0.2) is 34.4 Å². The topological polar surface area (TPSA) is 32.8 Å². The third-order valence-electron chi connectivity index (χ3n) is 4.26. The van der Waals surface area contributed by atoms with Crippen molar-refractivity contribution in [2.75, 3.05) is 13.6 Å². The predicted molar refractivity (Wildman–Crippen MR) is 113 cm³/mol. The number of hydrogen-bond acceptors (Lipinski definition) is 3. The Morgan fingerprint density at radius 3 is 2.46 bits per heavy atom. The largest absolute Gasteiger partial charge is 0.486 e. The van der Waals surface area contributed by atoms with Crippen LogP contribution in [0.5, 0.6) is 5.75 Å². The van der Waals surface area contributed by atoms with Crippen molar-refractivity contribution in [2.24, 2.45) is 0 Å². The molecule has 0 spiro atoms. The van der Waals surface area contributed by atoms with E-state index in [-0.39, 0.29) is 18.3 Å². The Balaban J connectivity index is 1.84. The molecule has 0 unspecified atom stereocenters. The third kappa shape index (κ3) is 4.14. The second-order valence-electron chi connectivity index (χ2n) is 6.15. The third-order valence-corrected chi connectivity index (χ3v) is 5.31. The minimum atomic E-state index is -0.343. The standard InChI is InChI=1S/C20H17Cl2FN2O2S/c1-3-25-19(26)17(24(2)20(25)28)10-13-8-15(21)18(16(22)9-13)27-11-12-5-4-6-14(23)7-12/h4-10H,3,11H2,1-2H3/b17-10-. The van der Waals surface area contributed by atoms with Gasteiger partial charge in [-0.1, -0.05) is 35.3 Å². The van der Waals surface area contributed by atoms with Crippen LogP contribution in [-0.2, 0) is 11.4 Å². The summed E-state index contributed by atoms with van der Waals surface area (Å²) >= 11 is 17.9. The summed E-state index contributed by atoms with van der Waals surface area (Å²) < 4.78 is 19.0. The Labute approximate surface area is 178 Å². The van der Waals surface area contributed by atoms with Gasteiger partial charge in [-0.05, 0) is 60.6 Å². The molecule has 1 amide bonds. The van der Waals surface area contributed by atoms with Gasteiger partial charge in [0.1, 0.15) is 18.1 Å². The molecule has 8 heteroatoms. The molecule has 1 saturated heterocycles. The Hall–Kier alpha value is -2.15. The molecule has 2 aromatic carbocycles. The lowest BCUT2D eigenvalue weighted by molar-refractivity contribution is -0.122. The molecule has 146 valence electrons. The number of halogens is 3. The van der Waals surface area contributed by atoms with Crippen molar-refractivity contribution >= 4 is 52.5 Å². The maximum atomic E-state index is 13.3. The highest BCUT2D eigenvalue weighted by atomic mass is 35.5. The predicted octanol–water partition coefficient (Wildman–Crippen LogP) is 5.13. The quantitative estimate of drug-likeness (QED) is 0.478. The van der Waals surface area contributed by atoms with Crippen LogP contribution in [0.4, 0.5) is 4.39 Å². The average molecular weight is 439 g/mol. The highest BCUT2D eigenvalue weighted by Gasteiger charge is 2.34. The first-order valence-electron chi connectivity index (χ1n) is 8.49. The van der Waals surface area contributed by atoms with E-state index in [1.807, 2.05) is 6.92 Å². The number of carbonyl (C=O) groups excluding carboxylic acids is 1. The van der Waals surface area contributed by atoms with Gasteiger partial charge in [0.05, 0.1) is 10.0 Å². The summed E-state index contributed by atoms with van der Waals surface area (Å²) in [5, 5.41) is 1.03. The zero-order valence-electron chi connectivity index (χ0n) is 15.2. The Bertz CT molecular complexity index is 957. The first kappa shape index (κ1) is 20.6. The first-order chi connectivity index (χ1) is 13.3. The van der Waals surface area contributed by atoms with Crippen LogP contribution in [0.25, 0.3) is 6.08 Å². The van der Waals surface area contributed by atoms with E-state index in [1.165, 1.54) is 17.0 Å². The molecule has 1 aliphatic heterocycles. The minimum Gasteiger partial charge on any atom is -0.486 e. The number of thiocarbonyl (C=S) groups is 1. The fraction of sp³-hybridized carbons (Fsp3) is 0.200. The van der Waals surface area contributed by atoms with Crippen LogP contribution in [0.2, 0.25) is 10.0 Å². The van der Waals surface area contributed by atoms with E-state index < -0.39 is 0 Å². The molecule has 0 bridgehead atoms. The fourth-order valence-electron chi connectivity index (χ4n) is 2.83. The molecule has 0 aromatic heterocycles. The van der Waals surface area contributed by atoms with Gasteiger partial charge in [0.25, 0.3) is 5.91 Å². The second kappa shape index (κ2) is 8.47. The Morgan fingerprint density at radius 2 is 1.89 bits per heavy atom. The lowest BCUT2D eigenvalue weighted by atomic mass is 10.1. The summed E-state index contributed by atoms with van der Waals surface area (Å²) in [5.74, 6) is -0.218. The van der Waals surface area contributed by atoms with E-state index >= 15 is 0 Å². The number of nitrogens with zero attached hydrogens (tertiary/aromatic N) is 2. The van der Waals surface area contributed by atoms with Crippen LogP contribution in [0.1, 0.15) is 18.1 Å². The van der Waals surface area contributed by atoms with Crippen molar-refractivity contribution in [3.8, 4) is 5.75 Å². The average Bonchev–Trinajstić information content (AvgIpc) is 2.84. The summed E-state index contributed by atoms with van der Waals surface area (Å²) in [6.07, 6.45) is 1.68. The van der Waals surface area contributed by atoms with E-state index in [1.54, 1.807) is 42.3 Å². The monoisotopic (exact) mass is 438 g/mol. The molecule has 1 fully saturated rings. The van der Waals surface area contributed by atoms with Crippen molar-refractivity contribution in [3.05, 3.63) is 69.1 Å². The van der Waals surface area contributed by atoms with Crippen molar-refractivity contribution in [3.63, 3.8) is 0 Å². The van der Waals surface area contributed by atoms with Crippen LogP contribution >= 0.6 is 35.4 Å². The number of carbonyl (C=O) groups is 1. The Kier molecular flexibility index (Phi) is 6.23. The molecular formula is C20H17Cl2FN2O2S. The number of rotatable bonds is 5. The van der Waals surface area contributed by atoms with Gasteiger partial charge in [0.2, 0.25) is 0 Å². The van der Waals surface area contributed by atoms with E-state index in [2.05, 4.69) is 0 Å². The minimum absolute atomic E-state index is 0.124. The van der Waals surface area contributed by atoms with Crippen LogP contribution in [0.15, 0.2) is 42.1 Å². The molecule has 0 N–H and O–H groups in total. The highest BCUT2D eigenvalue weighted by molar-refractivity contribution is 7.80. The van der Waals surface area contributed by atoms with Gasteiger partial charge in [-0.3, -0.25) is 9.69 Å². The van der Waals surface area contributed by atoms with Gasteiger partial charge in [0.15, 0.2) is 10.9 Å². The molecular weight excluding hydrogens is 422 g/mol. The number of hydrogen-bond donors (Lipinski definition) is 0. The van der Waals surface area contributed by atoms with Gasteiger partial charge < -0.3 is 9.64 Å². The molecule has 3 rings (SSSR count). The van der Waals surface area contributed by atoms with Crippen molar-refractivity contribution in [1.82, 2.24) is 9.80 Å². The Morgan fingerprint density at radius 1 is 1.21 bits per heavy atom. The molecule has 0 aliphatic carbocycles. The van der Waals surface area contributed by atoms with Gasteiger partial charge in [-0.2, -0.15) is 0 Å². The SMILES string of the molecule is CCN1C(=O)/C(=C/c2cc(Cl)c(OCc3cccc(F)c3)c(Cl)c2)N(C)C1=S. The summed E-state index contributed by atoms with van der Waals surface area (Å²) in [4.78, 5) is 15.7. The number of ether oxygens (including phenoxy) is 1. The summed E-state index contributed by atoms with van der Waals surface area (Å²) in [7, 11) is 1.74. The molecule has 28 heavy (non-hydrogen) atoms. The van der Waals surface area contributed by atoms with E-state index in [4.69, 9.17) is 40.2 Å². The summed E-state index contributed by atoms with van der Waals surface area (Å²) in [6.45, 7) is 2.48. The van der Waals surface area contributed by atoms with E-state index in [9.17, 15) is 9.18 Å². The molecule has 4 nitrogen and oxygen atoms in total. The van der Waals surface area contributed by atoms with Gasteiger partial charge in [0, 0.05) is 13.6 Å². The normalized spacial score (nSPS) is 15.7. The van der Waals surface area contributed by atoms with Crippen molar-refractivity contribution in [1.29, 1.82) is 0 Å². The maximum absolute atomic E-state index is 13.3. The molecule has 0 atom stereocenters. The highest BCUT2D eigenvalue weighted by Crippen LogP contribution is 2.36. The van der Waals surface area contributed by atoms with Crippen LogP contribution in [0.3, 0.4) is 0 Å². The van der Waals surface area contributed by atoms with Gasteiger partial charge >= 0.3 is 0 Å². The van der Waals surface area contributed by atoms with E-state index in [0.717, 1.165) is 0 Å². The summed E-state index contributed by atoms with van der Waals surface area (Å²) in [6, 6.07) is 9.39. The maximum Gasteiger partial charge on any atom is 0.276 e.